The van der Waals surface area contributed by atoms with Gasteiger partial charge in [0.05, 0.1) is 11.1 Å². The lowest BCUT2D eigenvalue weighted by Crippen LogP contribution is -2.18. The van der Waals surface area contributed by atoms with E-state index in [0.29, 0.717) is 28.5 Å². The number of nitrogens with one attached hydrogen (secondary N) is 1. The van der Waals surface area contributed by atoms with Crippen LogP contribution in [0.2, 0.25) is 5.02 Å². The van der Waals surface area contributed by atoms with Crippen LogP contribution in [-0.2, 0) is 0 Å². The van der Waals surface area contributed by atoms with Crippen LogP contribution in [0.3, 0.4) is 0 Å². The number of anilines is 1. The number of halogens is 4. The number of aliphatic hydroxyl groups is 2. The SMILES string of the molecule is CC.CCC(O)C(C)Sc1cc(C(=O)Nc2cc(F)c(F)c(F)c2)ccc1Cl.CO. The molecule has 0 spiro atoms. The molecule has 2 rings (SSSR count). The number of hydrogen-bond donors (Lipinski definition) is 3. The Morgan fingerprint density at radius 1 is 1.13 bits per heavy atom. The molecule has 0 saturated heterocycles. The Balaban J connectivity index is 0.00000198. The smallest absolute Gasteiger partial charge is 0.255 e. The molecule has 1 amide bonds. The Labute approximate surface area is 184 Å². The molecule has 0 aliphatic carbocycles. The second kappa shape index (κ2) is 14.3. The first kappa shape index (κ1) is 28.3. The van der Waals surface area contributed by atoms with E-state index in [4.69, 9.17) is 16.7 Å². The van der Waals surface area contributed by atoms with Gasteiger partial charge in [-0.15, -0.1) is 11.8 Å². The summed E-state index contributed by atoms with van der Waals surface area (Å²) in [7, 11) is 1.00. The third kappa shape index (κ3) is 8.18. The third-order valence-electron chi connectivity index (χ3n) is 3.71. The zero-order valence-electron chi connectivity index (χ0n) is 17.5. The Kier molecular flexibility index (Phi) is 13.5. The summed E-state index contributed by atoms with van der Waals surface area (Å²) in [6.07, 6.45) is 0.0481. The number of carbonyl (C=O) groups is 1. The molecule has 0 aliphatic rings. The van der Waals surface area contributed by atoms with Gasteiger partial charge in [0.2, 0.25) is 0 Å². The van der Waals surface area contributed by atoms with Gasteiger partial charge in [-0.3, -0.25) is 4.79 Å². The van der Waals surface area contributed by atoms with E-state index < -0.39 is 29.5 Å². The van der Waals surface area contributed by atoms with Crippen molar-refractivity contribution < 1.29 is 28.2 Å². The van der Waals surface area contributed by atoms with Crippen molar-refractivity contribution in [3.8, 4) is 0 Å². The normalized spacial score (nSPS) is 12.0. The van der Waals surface area contributed by atoms with Crippen LogP contribution < -0.4 is 5.32 Å². The van der Waals surface area contributed by atoms with Crippen molar-refractivity contribution in [2.24, 2.45) is 0 Å². The maximum Gasteiger partial charge on any atom is 0.255 e. The van der Waals surface area contributed by atoms with E-state index in [-0.39, 0.29) is 16.5 Å². The second-order valence-corrected chi connectivity index (χ2v) is 7.48. The molecule has 2 aromatic carbocycles. The van der Waals surface area contributed by atoms with Gasteiger partial charge < -0.3 is 15.5 Å². The van der Waals surface area contributed by atoms with Gasteiger partial charge >= 0.3 is 0 Å². The maximum absolute atomic E-state index is 13.3. The number of hydrogen-bond acceptors (Lipinski definition) is 4. The van der Waals surface area contributed by atoms with Crippen LogP contribution >= 0.6 is 23.4 Å². The molecule has 0 aromatic heterocycles. The van der Waals surface area contributed by atoms with Crippen LogP contribution in [0.4, 0.5) is 18.9 Å². The van der Waals surface area contributed by atoms with Crippen LogP contribution in [0.15, 0.2) is 35.2 Å². The van der Waals surface area contributed by atoms with Gasteiger partial charge in [-0.25, -0.2) is 13.2 Å². The Morgan fingerprint density at radius 3 is 2.17 bits per heavy atom. The Hall–Kier alpha value is -1.74. The van der Waals surface area contributed by atoms with E-state index in [1.165, 1.54) is 30.0 Å². The maximum atomic E-state index is 13.3. The molecule has 2 unspecified atom stereocenters. The standard InChI is InChI=1S/C18H17ClF3NO2S.C2H6.CH4O/c1-3-15(24)9(2)26-16-6-10(4-5-12(16)19)18(25)23-11-7-13(20)17(22)14(21)8-11;2*1-2/h4-9,15,24H,3H2,1-2H3,(H,23,25);1-2H3;2H,1H3. The second-order valence-electron chi connectivity index (χ2n) is 5.65. The molecule has 0 saturated carbocycles. The molecule has 0 radical (unpaired) electrons. The topological polar surface area (TPSA) is 69.6 Å². The first-order chi connectivity index (χ1) is 14.2. The molecule has 3 N–H and O–H groups in total. The quantitative estimate of drug-likeness (QED) is 0.367. The van der Waals surface area contributed by atoms with Gasteiger partial charge in [0.25, 0.3) is 5.91 Å². The molecular weight excluding hydrogens is 439 g/mol. The van der Waals surface area contributed by atoms with Gasteiger partial charge in [0.15, 0.2) is 17.5 Å². The van der Waals surface area contributed by atoms with Crippen molar-refractivity contribution in [2.75, 3.05) is 12.4 Å². The summed E-state index contributed by atoms with van der Waals surface area (Å²) in [6.45, 7) is 7.69. The number of benzene rings is 2. The number of amides is 1. The van der Waals surface area contributed by atoms with E-state index in [2.05, 4.69) is 5.32 Å². The van der Waals surface area contributed by atoms with Gasteiger partial charge in [-0.05, 0) is 24.6 Å². The van der Waals surface area contributed by atoms with E-state index in [1.807, 2.05) is 27.7 Å². The fraction of sp³-hybridized carbons (Fsp3) is 0.381. The van der Waals surface area contributed by atoms with E-state index in [1.54, 1.807) is 0 Å². The highest BCUT2D eigenvalue weighted by atomic mass is 35.5. The summed E-state index contributed by atoms with van der Waals surface area (Å²) in [5.74, 6) is -5.01. The molecule has 0 heterocycles. The van der Waals surface area contributed by atoms with Gasteiger partial charge in [-0.1, -0.05) is 39.3 Å². The van der Waals surface area contributed by atoms with Crippen molar-refractivity contribution in [3.05, 3.63) is 58.4 Å². The van der Waals surface area contributed by atoms with Gasteiger partial charge in [0, 0.05) is 40.6 Å². The highest BCUT2D eigenvalue weighted by molar-refractivity contribution is 8.00. The fourth-order valence-electron chi connectivity index (χ4n) is 2.18. The predicted octanol–water partition coefficient (Wildman–Crippen LogP) is 5.90. The highest BCUT2D eigenvalue weighted by Gasteiger charge is 2.18. The first-order valence-corrected chi connectivity index (χ1v) is 10.5. The molecule has 168 valence electrons. The molecule has 4 nitrogen and oxygen atoms in total. The van der Waals surface area contributed by atoms with Crippen molar-refractivity contribution >= 4 is 35.0 Å². The summed E-state index contributed by atoms with van der Waals surface area (Å²) in [4.78, 5) is 12.9. The molecular formula is C21H27ClF3NO3S. The van der Waals surface area contributed by atoms with Crippen molar-refractivity contribution in [2.45, 2.75) is 50.4 Å². The van der Waals surface area contributed by atoms with Crippen LogP contribution in [0.25, 0.3) is 0 Å². The zero-order valence-corrected chi connectivity index (χ0v) is 19.0. The van der Waals surface area contributed by atoms with Crippen molar-refractivity contribution in [1.29, 1.82) is 0 Å². The van der Waals surface area contributed by atoms with Crippen LogP contribution in [0.1, 0.15) is 44.5 Å². The van der Waals surface area contributed by atoms with Gasteiger partial charge in [0.1, 0.15) is 0 Å². The highest BCUT2D eigenvalue weighted by Crippen LogP contribution is 2.33. The van der Waals surface area contributed by atoms with Crippen LogP contribution in [-0.4, -0.2) is 34.6 Å². The summed E-state index contributed by atoms with van der Waals surface area (Å²) in [5.41, 5.74) is 0.00514. The largest absolute Gasteiger partial charge is 0.400 e. The molecule has 2 aromatic rings. The summed E-state index contributed by atoms with van der Waals surface area (Å²) in [6, 6.07) is 5.90. The monoisotopic (exact) mass is 465 g/mol. The lowest BCUT2D eigenvalue weighted by atomic mass is 10.2. The van der Waals surface area contributed by atoms with E-state index >= 15 is 0 Å². The minimum Gasteiger partial charge on any atom is -0.400 e. The number of thioether (sulfide) groups is 1. The zero-order chi connectivity index (χ0) is 23.4. The minimum absolute atomic E-state index is 0.142. The Morgan fingerprint density at radius 2 is 1.67 bits per heavy atom. The average Bonchev–Trinajstić information content (AvgIpc) is 2.75. The van der Waals surface area contributed by atoms with Gasteiger partial charge in [-0.2, -0.15) is 0 Å². The number of aliphatic hydroxyl groups excluding tert-OH is 2. The number of carbonyl (C=O) groups excluding carboxylic acids is 1. The van der Waals surface area contributed by atoms with E-state index in [0.717, 1.165) is 7.11 Å². The molecule has 30 heavy (non-hydrogen) atoms. The molecule has 2 atom stereocenters. The first-order valence-electron chi connectivity index (χ1n) is 9.27. The summed E-state index contributed by atoms with van der Waals surface area (Å²) < 4.78 is 39.5. The molecule has 0 fully saturated rings. The van der Waals surface area contributed by atoms with Crippen LogP contribution in [0, 0.1) is 17.5 Å². The lowest BCUT2D eigenvalue weighted by molar-refractivity contribution is 0.102. The number of rotatable bonds is 6. The predicted molar refractivity (Wildman–Crippen MR) is 117 cm³/mol. The third-order valence-corrected chi connectivity index (χ3v) is 5.43. The molecule has 0 aliphatic heterocycles. The fourth-order valence-corrected chi connectivity index (χ4v) is 3.55. The molecule has 0 bridgehead atoms. The lowest BCUT2D eigenvalue weighted by Gasteiger charge is -2.17. The Bertz CT molecular complexity index is 801. The van der Waals surface area contributed by atoms with E-state index in [9.17, 15) is 23.1 Å². The van der Waals surface area contributed by atoms with Crippen LogP contribution in [0.5, 0.6) is 0 Å². The summed E-state index contributed by atoms with van der Waals surface area (Å²) in [5, 5.41) is 19.5. The molecule has 9 heteroatoms. The average molecular weight is 466 g/mol. The van der Waals surface area contributed by atoms with Crippen molar-refractivity contribution in [1.82, 2.24) is 0 Å². The minimum atomic E-state index is -1.60. The van der Waals surface area contributed by atoms with Crippen molar-refractivity contribution in [3.63, 3.8) is 0 Å². The summed E-state index contributed by atoms with van der Waals surface area (Å²) >= 11 is 7.45.